The van der Waals surface area contributed by atoms with E-state index in [9.17, 15) is 14.9 Å². The summed E-state index contributed by atoms with van der Waals surface area (Å²) in [5.41, 5.74) is 0.228. The summed E-state index contributed by atoms with van der Waals surface area (Å²) < 4.78 is 10.5. The zero-order valence-corrected chi connectivity index (χ0v) is 10.2. The number of hydrogen-bond acceptors (Lipinski definition) is 6. The second-order valence-corrected chi connectivity index (χ2v) is 4.10. The summed E-state index contributed by atoms with van der Waals surface area (Å²) in [6, 6.07) is 5.30. The number of morpholine rings is 1. The Morgan fingerprint density at radius 2 is 2.21 bits per heavy atom. The number of carbonyl (C=O) groups is 1. The first-order valence-corrected chi connectivity index (χ1v) is 5.91. The number of nitro groups is 1. The summed E-state index contributed by atoms with van der Waals surface area (Å²) in [6.07, 6.45) is -0.143. The highest BCUT2D eigenvalue weighted by atomic mass is 16.6. The van der Waals surface area contributed by atoms with E-state index >= 15 is 0 Å². The molecule has 2 rings (SSSR count). The van der Waals surface area contributed by atoms with Crippen molar-refractivity contribution in [3.63, 3.8) is 0 Å². The van der Waals surface area contributed by atoms with E-state index in [4.69, 9.17) is 9.47 Å². The summed E-state index contributed by atoms with van der Waals surface area (Å²) in [4.78, 5) is 21.7. The molecular formula is C12H14N2O5. The molecule has 0 aromatic heterocycles. The smallest absolute Gasteiger partial charge is 0.338 e. The molecule has 0 unspecified atom stereocenters. The van der Waals surface area contributed by atoms with Gasteiger partial charge in [0.15, 0.2) is 0 Å². The van der Waals surface area contributed by atoms with Crippen LogP contribution >= 0.6 is 0 Å². The van der Waals surface area contributed by atoms with Crippen LogP contribution in [0.15, 0.2) is 24.3 Å². The van der Waals surface area contributed by atoms with Crippen molar-refractivity contribution in [1.29, 1.82) is 0 Å². The highest BCUT2D eigenvalue weighted by Gasteiger charge is 2.17. The Morgan fingerprint density at radius 1 is 1.47 bits per heavy atom. The van der Waals surface area contributed by atoms with E-state index in [1.54, 1.807) is 0 Å². The van der Waals surface area contributed by atoms with Crippen molar-refractivity contribution in [2.45, 2.75) is 6.10 Å². The molecule has 1 aromatic rings. The Kier molecular flexibility index (Phi) is 4.43. The molecule has 1 fully saturated rings. The van der Waals surface area contributed by atoms with Gasteiger partial charge < -0.3 is 14.8 Å². The standard InChI is InChI=1S/C12H14N2O5/c15-12(19-8-11-7-13-5-6-18-11)9-1-3-10(4-2-9)14(16)17/h1-4,11,13H,5-8H2/t11-/m1/s1. The minimum absolute atomic E-state index is 0.0589. The van der Waals surface area contributed by atoms with Crippen LogP contribution in [0.4, 0.5) is 5.69 Å². The van der Waals surface area contributed by atoms with Gasteiger partial charge in [0.2, 0.25) is 0 Å². The van der Waals surface area contributed by atoms with Gasteiger partial charge in [-0.2, -0.15) is 0 Å². The molecule has 1 N–H and O–H groups in total. The number of hydrogen-bond donors (Lipinski definition) is 1. The van der Waals surface area contributed by atoms with Gasteiger partial charge in [0, 0.05) is 25.2 Å². The molecule has 1 saturated heterocycles. The van der Waals surface area contributed by atoms with E-state index in [1.165, 1.54) is 24.3 Å². The molecule has 0 radical (unpaired) electrons. The number of benzene rings is 1. The van der Waals surface area contributed by atoms with E-state index in [0.29, 0.717) is 13.2 Å². The Hall–Kier alpha value is -1.99. The molecule has 0 spiro atoms. The van der Waals surface area contributed by atoms with Gasteiger partial charge in [-0.05, 0) is 12.1 Å². The van der Waals surface area contributed by atoms with Gasteiger partial charge in [0.05, 0.1) is 17.1 Å². The van der Waals surface area contributed by atoms with Gasteiger partial charge in [-0.3, -0.25) is 10.1 Å². The average molecular weight is 266 g/mol. The number of non-ortho nitro benzene ring substituents is 1. The first-order valence-electron chi connectivity index (χ1n) is 5.91. The predicted molar refractivity (Wildman–Crippen MR) is 66.0 cm³/mol. The fourth-order valence-corrected chi connectivity index (χ4v) is 1.70. The Labute approximate surface area is 109 Å². The van der Waals surface area contributed by atoms with E-state index in [-0.39, 0.29) is 24.0 Å². The van der Waals surface area contributed by atoms with E-state index in [2.05, 4.69) is 5.32 Å². The molecule has 0 aliphatic carbocycles. The first kappa shape index (κ1) is 13.4. The van der Waals surface area contributed by atoms with Crippen LogP contribution in [0.25, 0.3) is 0 Å². The van der Waals surface area contributed by atoms with Crippen LogP contribution < -0.4 is 5.32 Å². The average Bonchev–Trinajstić information content (AvgIpc) is 2.46. The summed E-state index contributed by atoms with van der Waals surface area (Å²) in [5, 5.41) is 13.6. The lowest BCUT2D eigenvalue weighted by Gasteiger charge is -2.23. The maximum Gasteiger partial charge on any atom is 0.338 e. The molecule has 7 heteroatoms. The molecule has 19 heavy (non-hydrogen) atoms. The molecule has 0 saturated carbocycles. The molecule has 0 bridgehead atoms. The number of nitrogens with one attached hydrogen (secondary N) is 1. The maximum atomic E-state index is 11.7. The van der Waals surface area contributed by atoms with Crippen molar-refractivity contribution < 1.29 is 19.2 Å². The van der Waals surface area contributed by atoms with Crippen LogP contribution in [0.3, 0.4) is 0 Å². The van der Waals surface area contributed by atoms with Crippen molar-refractivity contribution in [1.82, 2.24) is 5.32 Å². The third kappa shape index (κ3) is 3.73. The summed E-state index contributed by atoms with van der Waals surface area (Å²) in [6.45, 7) is 2.21. The van der Waals surface area contributed by atoms with Crippen LogP contribution in [0, 0.1) is 10.1 Å². The summed E-state index contributed by atoms with van der Waals surface area (Å²) in [5.74, 6) is -0.510. The molecule has 7 nitrogen and oxygen atoms in total. The lowest BCUT2D eigenvalue weighted by Crippen LogP contribution is -2.41. The van der Waals surface area contributed by atoms with Crippen LogP contribution in [0.2, 0.25) is 0 Å². The lowest BCUT2D eigenvalue weighted by molar-refractivity contribution is -0.384. The van der Waals surface area contributed by atoms with Gasteiger partial charge in [0.1, 0.15) is 12.7 Å². The van der Waals surface area contributed by atoms with Gasteiger partial charge in [0.25, 0.3) is 5.69 Å². The SMILES string of the molecule is O=C(OC[C@H]1CNCCO1)c1ccc([N+](=O)[O-])cc1. The fraction of sp³-hybridized carbons (Fsp3) is 0.417. The molecule has 1 aromatic carbocycles. The van der Waals surface area contributed by atoms with Gasteiger partial charge in [-0.25, -0.2) is 4.79 Å². The monoisotopic (exact) mass is 266 g/mol. The van der Waals surface area contributed by atoms with E-state index in [1.807, 2.05) is 0 Å². The number of nitro benzene ring substituents is 1. The lowest BCUT2D eigenvalue weighted by atomic mass is 10.2. The van der Waals surface area contributed by atoms with Crippen LogP contribution in [0.1, 0.15) is 10.4 Å². The zero-order valence-electron chi connectivity index (χ0n) is 10.2. The second-order valence-electron chi connectivity index (χ2n) is 4.10. The van der Waals surface area contributed by atoms with Gasteiger partial charge in [-0.15, -0.1) is 0 Å². The second kappa shape index (κ2) is 6.26. The van der Waals surface area contributed by atoms with Crippen molar-refractivity contribution in [2.75, 3.05) is 26.3 Å². The quantitative estimate of drug-likeness (QED) is 0.491. The number of ether oxygens (including phenoxy) is 2. The van der Waals surface area contributed by atoms with Gasteiger partial charge >= 0.3 is 5.97 Å². The predicted octanol–water partition coefficient (Wildman–Crippen LogP) is 0.740. The fourth-order valence-electron chi connectivity index (χ4n) is 1.70. The molecule has 0 amide bonds. The third-order valence-corrected chi connectivity index (χ3v) is 2.72. The molecular weight excluding hydrogens is 252 g/mol. The molecule has 1 heterocycles. The molecule has 102 valence electrons. The van der Waals surface area contributed by atoms with Crippen molar-refractivity contribution >= 4 is 11.7 Å². The minimum atomic E-state index is -0.517. The molecule has 1 aliphatic heterocycles. The Bertz CT molecular complexity index is 454. The van der Waals surface area contributed by atoms with Crippen molar-refractivity contribution in [2.24, 2.45) is 0 Å². The topological polar surface area (TPSA) is 90.7 Å². The number of esters is 1. The van der Waals surface area contributed by atoms with Crippen molar-refractivity contribution in [3.8, 4) is 0 Å². The number of nitrogens with zero attached hydrogens (tertiary/aromatic N) is 1. The van der Waals surface area contributed by atoms with Crippen LogP contribution in [0.5, 0.6) is 0 Å². The highest BCUT2D eigenvalue weighted by Crippen LogP contribution is 2.12. The van der Waals surface area contributed by atoms with E-state index < -0.39 is 10.9 Å². The zero-order chi connectivity index (χ0) is 13.7. The maximum absolute atomic E-state index is 11.7. The van der Waals surface area contributed by atoms with Crippen molar-refractivity contribution in [3.05, 3.63) is 39.9 Å². The number of carbonyl (C=O) groups excluding carboxylic acids is 1. The summed E-state index contributed by atoms with van der Waals surface area (Å²) in [7, 11) is 0. The minimum Gasteiger partial charge on any atom is -0.459 e. The van der Waals surface area contributed by atoms with Crippen LogP contribution in [-0.2, 0) is 9.47 Å². The van der Waals surface area contributed by atoms with Gasteiger partial charge in [-0.1, -0.05) is 0 Å². The summed E-state index contributed by atoms with van der Waals surface area (Å²) >= 11 is 0. The largest absolute Gasteiger partial charge is 0.459 e. The first-order chi connectivity index (χ1) is 9.16. The Morgan fingerprint density at radius 3 is 2.79 bits per heavy atom. The Balaban J connectivity index is 1.86. The molecule has 1 aliphatic rings. The van der Waals surface area contributed by atoms with E-state index in [0.717, 1.165) is 6.54 Å². The molecule has 1 atom stereocenters. The highest BCUT2D eigenvalue weighted by molar-refractivity contribution is 5.89. The van der Waals surface area contributed by atoms with Crippen LogP contribution in [-0.4, -0.2) is 43.3 Å². The third-order valence-electron chi connectivity index (χ3n) is 2.72. The normalized spacial score (nSPS) is 18.8. The number of rotatable bonds is 4.